The number of amides is 2. The molecule has 1 fully saturated rings. The molecule has 2 amide bonds. The van der Waals surface area contributed by atoms with Crippen LogP contribution in [0.25, 0.3) is 0 Å². The molecule has 70 valence electrons. The SMILES string of the molecule is C=C(Cl)/N=C1\C(=C/N)NC(=O)N1C. The van der Waals surface area contributed by atoms with Crippen molar-refractivity contribution in [2.24, 2.45) is 10.7 Å². The van der Waals surface area contributed by atoms with Gasteiger partial charge in [0.1, 0.15) is 10.9 Å². The summed E-state index contributed by atoms with van der Waals surface area (Å²) in [6.45, 7) is 3.39. The van der Waals surface area contributed by atoms with E-state index in [0.717, 1.165) is 0 Å². The van der Waals surface area contributed by atoms with Crippen LogP contribution in [0.1, 0.15) is 0 Å². The third-order valence-electron chi connectivity index (χ3n) is 1.50. The van der Waals surface area contributed by atoms with Crippen molar-refractivity contribution < 1.29 is 4.79 Å². The van der Waals surface area contributed by atoms with Gasteiger partial charge in [-0.15, -0.1) is 0 Å². The van der Waals surface area contributed by atoms with Crippen LogP contribution in [0.2, 0.25) is 0 Å². The van der Waals surface area contributed by atoms with E-state index in [9.17, 15) is 4.79 Å². The monoisotopic (exact) mass is 200 g/mol. The van der Waals surface area contributed by atoms with Crippen molar-refractivity contribution in [1.82, 2.24) is 10.2 Å². The molecule has 0 bridgehead atoms. The van der Waals surface area contributed by atoms with Gasteiger partial charge in [0, 0.05) is 13.2 Å². The number of carbonyl (C=O) groups excluding carboxylic acids is 1. The van der Waals surface area contributed by atoms with E-state index in [1.165, 1.54) is 11.1 Å². The van der Waals surface area contributed by atoms with Gasteiger partial charge in [-0.2, -0.15) is 0 Å². The number of aliphatic imine (C=N–C) groups is 1. The predicted molar refractivity (Wildman–Crippen MR) is 51.0 cm³/mol. The fourth-order valence-electron chi connectivity index (χ4n) is 0.898. The van der Waals surface area contributed by atoms with Gasteiger partial charge in [-0.05, 0) is 0 Å². The summed E-state index contributed by atoms with van der Waals surface area (Å²) in [4.78, 5) is 16.2. The van der Waals surface area contributed by atoms with Crippen LogP contribution in [0.5, 0.6) is 0 Å². The molecule has 0 aromatic heterocycles. The zero-order valence-electron chi connectivity index (χ0n) is 7.04. The van der Waals surface area contributed by atoms with Crippen molar-refractivity contribution in [1.29, 1.82) is 0 Å². The number of amidine groups is 1. The number of nitrogens with two attached hydrogens (primary N) is 1. The number of nitrogens with one attached hydrogen (secondary N) is 1. The number of nitrogens with zero attached hydrogens (tertiary/aromatic N) is 2. The molecule has 1 rings (SSSR count). The van der Waals surface area contributed by atoms with Crippen LogP contribution in [0.15, 0.2) is 28.6 Å². The van der Waals surface area contributed by atoms with Crippen molar-refractivity contribution >= 4 is 23.5 Å². The molecule has 0 atom stereocenters. The first-order chi connectivity index (χ1) is 6.06. The molecule has 13 heavy (non-hydrogen) atoms. The number of urea groups is 1. The highest BCUT2D eigenvalue weighted by Crippen LogP contribution is 2.11. The molecule has 0 aromatic carbocycles. The normalized spacial score (nSPS) is 22.6. The van der Waals surface area contributed by atoms with E-state index in [0.29, 0.717) is 11.5 Å². The molecule has 0 unspecified atom stereocenters. The van der Waals surface area contributed by atoms with Gasteiger partial charge in [0.05, 0.1) is 0 Å². The Kier molecular flexibility index (Phi) is 2.57. The van der Waals surface area contributed by atoms with E-state index >= 15 is 0 Å². The number of hydrogen-bond donors (Lipinski definition) is 2. The van der Waals surface area contributed by atoms with Gasteiger partial charge >= 0.3 is 6.03 Å². The molecule has 0 spiro atoms. The van der Waals surface area contributed by atoms with E-state index in [4.69, 9.17) is 17.3 Å². The van der Waals surface area contributed by atoms with Crippen molar-refractivity contribution in [3.8, 4) is 0 Å². The first kappa shape index (κ1) is 9.60. The Morgan fingerprint density at radius 1 is 1.85 bits per heavy atom. The topological polar surface area (TPSA) is 70.7 Å². The summed E-state index contributed by atoms with van der Waals surface area (Å²) >= 11 is 5.48. The van der Waals surface area contributed by atoms with E-state index in [-0.39, 0.29) is 11.2 Å². The minimum Gasteiger partial charge on any atom is -0.403 e. The quantitative estimate of drug-likeness (QED) is 0.607. The number of hydrogen-bond acceptors (Lipinski definition) is 3. The molecule has 0 aliphatic carbocycles. The maximum atomic E-state index is 11.1. The predicted octanol–water partition coefficient (Wildman–Crippen LogP) is 0.550. The van der Waals surface area contributed by atoms with Gasteiger partial charge in [-0.3, -0.25) is 4.90 Å². The molecule has 6 heteroatoms. The van der Waals surface area contributed by atoms with Crippen molar-refractivity contribution in [3.63, 3.8) is 0 Å². The highest BCUT2D eigenvalue weighted by molar-refractivity contribution is 6.30. The van der Waals surface area contributed by atoms with Crippen molar-refractivity contribution in [3.05, 3.63) is 23.6 Å². The molecule has 3 N–H and O–H groups in total. The molecule has 1 aliphatic rings. The number of halogens is 1. The Balaban J connectivity index is 3.06. The Hall–Kier alpha value is -1.49. The van der Waals surface area contributed by atoms with Gasteiger partial charge in [0.2, 0.25) is 0 Å². The maximum Gasteiger partial charge on any atom is 0.327 e. The average Bonchev–Trinajstić information content (AvgIpc) is 2.31. The molecule has 0 radical (unpaired) electrons. The van der Waals surface area contributed by atoms with Crippen molar-refractivity contribution in [2.75, 3.05) is 7.05 Å². The summed E-state index contributed by atoms with van der Waals surface area (Å²) in [6.07, 6.45) is 1.25. The van der Waals surface area contributed by atoms with Gasteiger partial charge in [0.25, 0.3) is 0 Å². The number of rotatable bonds is 1. The second kappa shape index (κ2) is 3.49. The van der Waals surface area contributed by atoms with Crippen LogP contribution in [0.3, 0.4) is 0 Å². The molecule has 5 nitrogen and oxygen atoms in total. The standard InChI is InChI=1S/C7H9ClN4O/c1-4(8)10-6-5(3-9)11-7(13)12(6)2/h3H,1,9H2,2H3,(H,11,13)/b5-3+,10-6+. The smallest absolute Gasteiger partial charge is 0.327 e. The minimum atomic E-state index is -0.298. The largest absolute Gasteiger partial charge is 0.403 e. The Labute approximate surface area is 80.6 Å². The fourth-order valence-corrected chi connectivity index (χ4v) is 0.978. The van der Waals surface area contributed by atoms with Crippen molar-refractivity contribution in [2.45, 2.75) is 0 Å². The number of likely N-dealkylation sites (N-methyl/N-ethyl adjacent to an activating group) is 1. The highest BCUT2D eigenvalue weighted by Gasteiger charge is 2.27. The molecule has 1 heterocycles. The van der Waals surface area contributed by atoms with Gasteiger partial charge in [-0.25, -0.2) is 9.79 Å². The number of carbonyl (C=O) groups is 1. The average molecular weight is 201 g/mol. The zero-order chi connectivity index (χ0) is 10.0. The first-order valence-corrected chi connectivity index (χ1v) is 3.84. The first-order valence-electron chi connectivity index (χ1n) is 3.46. The van der Waals surface area contributed by atoms with E-state index in [1.807, 2.05) is 0 Å². The molecule has 0 saturated carbocycles. The van der Waals surface area contributed by atoms with Gasteiger partial charge in [0.15, 0.2) is 5.84 Å². The highest BCUT2D eigenvalue weighted by atomic mass is 35.5. The molecular formula is C7H9ClN4O. The Morgan fingerprint density at radius 2 is 2.46 bits per heavy atom. The Morgan fingerprint density at radius 3 is 2.92 bits per heavy atom. The lowest BCUT2D eigenvalue weighted by molar-refractivity contribution is 0.234. The van der Waals surface area contributed by atoms with Crippen LogP contribution in [0.4, 0.5) is 4.79 Å². The van der Waals surface area contributed by atoms with Gasteiger partial charge in [-0.1, -0.05) is 18.2 Å². The lowest BCUT2D eigenvalue weighted by Gasteiger charge is -2.05. The van der Waals surface area contributed by atoms with E-state index in [1.54, 1.807) is 7.05 Å². The second-order valence-electron chi connectivity index (χ2n) is 2.38. The van der Waals surface area contributed by atoms with Gasteiger partial charge < -0.3 is 11.1 Å². The maximum absolute atomic E-state index is 11.1. The van der Waals surface area contributed by atoms with E-state index < -0.39 is 0 Å². The third-order valence-corrected chi connectivity index (χ3v) is 1.58. The second-order valence-corrected chi connectivity index (χ2v) is 2.82. The lowest BCUT2D eigenvalue weighted by atomic mass is 10.4. The Bertz CT molecular complexity index is 320. The summed E-state index contributed by atoms with van der Waals surface area (Å²) < 4.78 is 0. The molecule has 0 aromatic rings. The van der Waals surface area contributed by atoms with Crippen LogP contribution in [-0.2, 0) is 0 Å². The molecular weight excluding hydrogens is 192 g/mol. The van der Waals surface area contributed by atoms with E-state index in [2.05, 4.69) is 16.9 Å². The fraction of sp³-hybridized carbons (Fsp3) is 0.143. The third kappa shape index (κ3) is 1.81. The lowest BCUT2D eigenvalue weighted by Crippen LogP contribution is -2.26. The van der Waals surface area contributed by atoms with Crippen LogP contribution in [-0.4, -0.2) is 23.8 Å². The summed E-state index contributed by atoms with van der Waals surface area (Å²) in [5.74, 6) is 0.368. The van der Waals surface area contributed by atoms with Crippen LogP contribution >= 0.6 is 11.6 Å². The zero-order valence-corrected chi connectivity index (χ0v) is 7.80. The summed E-state index contributed by atoms with van der Waals surface area (Å²) in [5, 5.41) is 2.60. The summed E-state index contributed by atoms with van der Waals surface area (Å²) in [5.41, 5.74) is 5.69. The molecule has 1 aliphatic heterocycles. The van der Waals surface area contributed by atoms with Crippen LogP contribution in [0, 0.1) is 0 Å². The minimum absolute atomic E-state index is 0.0951. The molecule has 1 saturated heterocycles. The summed E-state index contributed by atoms with van der Waals surface area (Å²) in [7, 11) is 1.56. The van der Waals surface area contributed by atoms with Crippen LogP contribution < -0.4 is 11.1 Å². The summed E-state index contributed by atoms with van der Waals surface area (Å²) in [6, 6.07) is -0.298.